The molecule has 28 heavy (non-hydrogen) atoms. The van der Waals surface area contributed by atoms with Gasteiger partial charge in [0.2, 0.25) is 11.8 Å². The van der Waals surface area contributed by atoms with Crippen LogP contribution >= 0.6 is 0 Å². The van der Waals surface area contributed by atoms with Crippen LogP contribution in [-0.4, -0.2) is 31.2 Å². The summed E-state index contributed by atoms with van der Waals surface area (Å²) in [7, 11) is 1.62. The number of pyridine rings is 1. The first-order chi connectivity index (χ1) is 13.6. The molecule has 1 heterocycles. The Balaban J connectivity index is 1.83. The Morgan fingerprint density at radius 2 is 1.54 bits per heavy atom. The fourth-order valence-corrected chi connectivity index (χ4v) is 3.00. The molecular formula is C23H24N2O3. The number of nitrogens with one attached hydrogen (secondary N) is 1. The molecule has 0 spiro atoms. The highest BCUT2D eigenvalue weighted by Crippen LogP contribution is 2.33. The number of anilines is 1. The molecule has 1 aromatic heterocycles. The van der Waals surface area contributed by atoms with E-state index in [2.05, 4.69) is 10.3 Å². The Hall–Kier alpha value is -3.18. The van der Waals surface area contributed by atoms with Gasteiger partial charge in [0.25, 0.3) is 0 Å². The van der Waals surface area contributed by atoms with Crippen molar-refractivity contribution in [2.24, 2.45) is 0 Å². The highest BCUT2D eigenvalue weighted by Gasteiger charge is 2.37. The van der Waals surface area contributed by atoms with Crippen molar-refractivity contribution in [3.8, 4) is 5.88 Å². The predicted molar refractivity (Wildman–Crippen MR) is 110 cm³/mol. The van der Waals surface area contributed by atoms with Crippen molar-refractivity contribution < 1.29 is 14.3 Å². The molecule has 0 atom stereocenters. The van der Waals surface area contributed by atoms with E-state index in [4.69, 9.17) is 9.47 Å². The fourth-order valence-electron chi connectivity index (χ4n) is 3.00. The van der Waals surface area contributed by atoms with E-state index in [0.29, 0.717) is 24.8 Å². The second kappa shape index (κ2) is 9.15. The summed E-state index contributed by atoms with van der Waals surface area (Å²) in [5, 5.41) is 2.99. The van der Waals surface area contributed by atoms with Crippen LogP contribution in [0.15, 0.2) is 79.0 Å². The van der Waals surface area contributed by atoms with Crippen LogP contribution in [-0.2, 0) is 14.9 Å². The number of ether oxygens (including phenoxy) is 2. The summed E-state index contributed by atoms with van der Waals surface area (Å²) < 4.78 is 10.4. The van der Waals surface area contributed by atoms with Gasteiger partial charge in [-0.25, -0.2) is 4.98 Å². The number of hydrogen-bond acceptors (Lipinski definition) is 4. The lowest BCUT2D eigenvalue weighted by atomic mass is 9.75. The van der Waals surface area contributed by atoms with E-state index in [1.165, 1.54) is 0 Å². The molecule has 0 bridgehead atoms. The Labute approximate surface area is 165 Å². The molecule has 0 fully saturated rings. The number of hydrogen-bond donors (Lipinski definition) is 1. The number of aromatic nitrogens is 1. The molecule has 0 aliphatic carbocycles. The monoisotopic (exact) mass is 376 g/mol. The SMILES string of the molecule is COCCOc1ccc(NC(=O)C(C)(c2ccccc2)c2ccccc2)cn1. The van der Waals surface area contributed by atoms with Gasteiger partial charge in [-0.2, -0.15) is 0 Å². The highest BCUT2D eigenvalue weighted by molar-refractivity contribution is 6.01. The normalized spacial score (nSPS) is 11.1. The van der Waals surface area contributed by atoms with Gasteiger partial charge in [-0.05, 0) is 24.1 Å². The van der Waals surface area contributed by atoms with Crippen molar-refractivity contribution >= 4 is 11.6 Å². The third-order valence-electron chi connectivity index (χ3n) is 4.69. The number of nitrogens with zero attached hydrogens (tertiary/aromatic N) is 1. The van der Waals surface area contributed by atoms with E-state index in [-0.39, 0.29) is 5.91 Å². The molecule has 2 aromatic carbocycles. The van der Waals surface area contributed by atoms with Crippen LogP contribution in [0.5, 0.6) is 5.88 Å². The highest BCUT2D eigenvalue weighted by atomic mass is 16.5. The summed E-state index contributed by atoms with van der Waals surface area (Å²) in [5.41, 5.74) is 1.62. The van der Waals surface area contributed by atoms with Gasteiger partial charge in [-0.15, -0.1) is 0 Å². The van der Waals surface area contributed by atoms with Crippen molar-refractivity contribution in [2.45, 2.75) is 12.3 Å². The first-order valence-corrected chi connectivity index (χ1v) is 9.15. The number of carbonyl (C=O) groups excluding carboxylic acids is 1. The summed E-state index contributed by atoms with van der Waals surface area (Å²) in [6.45, 7) is 2.85. The lowest BCUT2D eigenvalue weighted by molar-refractivity contribution is -0.119. The molecule has 1 amide bonds. The van der Waals surface area contributed by atoms with Crippen LogP contribution in [0.25, 0.3) is 0 Å². The largest absolute Gasteiger partial charge is 0.475 e. The lowest BCUT2D eigenvalue weighted by Gasteiger charge is -2.29. The number of amides is 1. The molecule has 0 radical (unpaired) electrons. The molecule has 1 N–H and O–H groups in total. The minimum absolute atomic E-state index is 0.125. The fraction of sp³-hybridized carbons (Fsp3) is 0.217. The molecule has 144 valence electrons. The van der Waals surface area contributed by atoms with Crippen molar-refractivity contribution in [3.05, 3.63) is 90.1 Å². The summed E-state index contributed by atoms with van der Waals surface area (Å²) in [6, 6.07) is 23.0. The summed E-state index contributed by atoms with van der Waals surface area (Å²) in [6.07, 6.45) is 1.59. The van der Waals surface area contributed by atoms with Crippen LogP contribution in [0.1, 0.15) is 18.1 Å². The average molecular weight is 376 g/mol. The summed E-state index contributed by atoms with van der Waals surface area (Å²) in [5.74, 6) is 0.365. The molecule has 0 aliphatic rings. The molecule has 0 unspecified atom stereocenters. The van der Waals surface area contributed by atoms with Gasteiger partial charge in [0.1, 0.15) is 6.61 Å². The Kier molecular flexibility index (Phi) is 6.40. The number of methoxy groups -OCH3 is 1. The van der Waals surface area contributed by atoms with Gasteiger partial charge in [-0.1, -0.05) is 60.7 Å². The Bertz CT molecular complexity index is 841. The van der Waals surface area contributed by atoms with Crippen LogP contribution in [0, 0.1) is 0 Å². The Morgan fingerprint density at radius 1 is 0.929 bits per heavy atom. The van der Waals surface area contributed by atoms with Gasteiger partial charge >= 0.3 is 0 Å². The van der Waals surface area contributed by atoms with Crippen molar-refractivity contribution in [3.63, 3.8) is 0 Å². The molecule has 0 saturated carbocycles. The lowest BCUT2D eigenvalue weighted by Crippen LogP contribution is -2.38. The van der Waals surface area contributed by atoms with E-state index in [0.717, 1.165) is 11.1 Å². The molecule has 3 rings (SSSR count). The zero-order valence-electron chi connectivity index (χ0n) is 16.1. The minimum Gasteiger partial charge on any atom is -0.475 e. The van der Waals surface area contributed by atoms with Gasteiger partial charge in [0.05, 0.1) is 23.9 Å². The third kappa shape index (κ3) is 4.38. The third-order valence-corrected chi connectivity index (χ3v) is 4.69. The van der Waals surface area contributed by atoms with Crippen molar-refractivity contribution in [2.75, 3.05) is 25.6 Å². The quantitative estimate of drug-likeness (QED) is 0.603. The predicted octanol–water partition coefficient (Wildman–Crippen LogP) is 4.05. The molecule has 5 heteroatoms. The molecule has 3 aromatic rings. The minimum atomic E-state index is -0.837. The van der Waals surface area contributed by atoms with Crippen LogP contribution < -0.4 is 10.1 Å². The van der Waals surface area contributed by atoms with Gasteiger partial charge in [0.15, 0.2) is 0 Å². The van der Waals surface area contributed by atoms with Crippen molar-refractivity contribution in [1.29, 1.82) is 0 Å². The number of benzene rings is 2. The maximum absolute atomic E-state index is 13.3. The van der Waals surface area contributed by atoms with E-state index in [1.54, 1.807) is 25.4 Å². The smallest absolute Gasteiger partial charge is 0.239 e. The molecule has 0 aliphatic heterocycles. The van der Waals surface area contributed by atoms with E-state index < -0.39 is 5.41 Å². The second-order valence-corrected chi connectivity index (χ2v) is 6.54. The van der Waals surface area contributed by atoms with Gasteiger partial charge in [-0.3, -0.25) is 4.79 Å². The van der Waals surface area contributed by atoms with Crippen molar-refractivity contribution in [1.82, 2.24) is 4.98 Å². The first-order valence-electron chi connectivity index (χ1n) is 9.15. The molecular weight excluding hydrogens is 352 g/mol. The summed E-state index contributed by atoms with van der Waals surface area (Å²) in [4.78, 5) is 17.6. The van der Waals surface area contributed by atoms with E-state index >= 15 is 0 Å². The van der Waals surface area contributed by atoms with Gasteiger partial charge < -0.3 is 14.8 Å². The average Bonchev–Trinajstić information content (AvgIpc) is 2.75. The number of rotatable bonds is 8. The van der Waals surface area contributed by atoms with Crippen LogP contribution in [0.4, 0.5) is 5.69 Å². The second-order valence-electron chi connectivity index (χ2n) is 6.54. The maximum Gasteiger partial charge on any atom is 0.239 e. The van der Waals surface area contributed by atoms with E-state index in [1.807, 2.05) is 67.6 Å². The summed E-state index contributed by atoms with van der Waals surface area (Å²) >= 11 is 0. The zero-order chi connectivity index (χ0) is 19.8. The van der Waals surface area contributed by atoms with Crippen LogP contribution in [0.2, 0.25) is 0 Å². The van der Waals surface area contributed by atoms with Crippen LogP contribution in [0.3, 0.4) is 0 Å². The molecule has 5 nitrogen and oxygen atoms in total. The maximum atomic E-state index is 13.3. The van der Waals surface area contributed by atoms with E-state index in [9.17, 15) is 4.79 Å². The van der Waals surface area contributed by atoms with Gasteiger partial charge in [0, 0.05) is 13.2 Å². The first kappa shape index (κ1) is 19.6. The molecule has 0 saturated heterocycles. The Morgan fingerprint density at radius 3 is 2.04 bits per heavy atom. The number of carbonyl (C=O) groups is 1. The topological polar surface area (TPSA) is 60.5 Å². The zero-order valence-corrected chi connectivity index (χ0v) is 16.1. The standard InChI is InChI=1S/C23H24N2O3/c1-23(18-9-5-3-6-10-18,19-11-7-4-8-12-19)22(26)25-20-13-14-21(24-17-20)28-16-15-27-2/h3-14,17H,15-16H2,1-2H3,(H,25,26).